The molecule has 3 heterocycles. The van der Waals surface area contributed by atoms with Crippen LogP contribution in [-0.4, -0.2) is 25.6 Å². The largest absolute Gasteiger partial charge is 0.477 e. The fraction of sp³-hybridized carbons (Fsp3) is 0.200. The molecule has 0 aliphatic carbocycles. The summed E-state index contributed by atoms with van der Waals surface area (Å²) in [6.07, 6.45) is 2.02. The van der Waals surface area contributed by atoms with E-state index in [-0.39, 0.29) is 16.1 Å². The van der Waals surface area contributed by atoms with Gasteiger partial charge in [0.25, 0.3) is 0 Å². The first-order valence-corrected chi connectivity index (χ1v) is 8.08. The highest BCUT2D eigenvalue weighted by Crippen LogP contribution is 2.23. The SMILES string of the molecule is CCc1csc(-n2cc(C(=O)O)c(=O)c3c(C)cc(Cl)nc32)n1. The minimum atomic E-state index is -1.28. The molecular weight excluding hydrogens is 338 g/mol. The summed E-state index contributed by atoms with van der Waals surface area (Å²) in [6.45, 7) is 3.68. The van der Waals surface area contributed by atoms with Crippen molar-refractivity contribution in [1.29, 1.82) is 0 Å². The second kappa shape index (κ2) is 5.75. The Bertz CT molecular complexity index is 994. The van der Waals surface area contributed by atoms with Gasteiger partial charge >= 0.3 is 5.97 Å². The molecule has 0 fully saturated rings. The molecule has 0 radical (unpaired) electrons. The van der Waals surface area contributed by atoms with Crippen LogP contribution in [0.15, 0.2) is 22.4 Å². The number of halogens is 1. The molecule has 1 N–H and O–H groups in total. The predicted molar refractivity (Wildman–Crippen MR) is 89.1 cm³/mol. The normalized spacial score (nSPS) is 11.1. The highest BCUT2D eigenvalue weighted by molar-refractivity contribution is 7.12. The molecule has 6 nitrogen and oxygen atoms in total. The molecule has 8 heteroatoms. The molecule has 0 saturated heterocycles. The number of rotatable bonds is 3. The standard InChI is InChI=1S/C15H12ClN3O3S/c1-3-8-6-23-15(17-8)19-5-9(14(21)22)12(20)11-7(2)4-10(16)18-13(11)19/h4-6H,3H2,1-2H3,(H,21,22). The molecule has 3 aromatic heterocycles. The van der Waals surface area contributed by atoms with E-state index in [2.05, 4.69) is 9.97 Å². The highest BCUT2D eigenvalue weighted by atomic mass is 35.5. The number of hydrogen-bond acceptors (Lipinski definition) is 5. The fourth-order valence-corrected chi connectivity index (χ4v) is 3.45. The summed E-state index contributed by atoms with van der Waals surface area (Å²) < 4.78 is 1.52. The Morgan fingerprint density at radius 2 is 2.17 bits per heavy atom. The average molecular weight is 350 g/mol. The Hall–Kier alpha value is -2.25. The number of carboxylic acid groups (broad SMARTS) is 1. The summed E-state index contributed by atoms with van der Waals surface area (Å²) in [5.74, 6) is -1.28. The van der Waals surface area contributed by atoms with Gasteiger partial charge in [-0.3, -0.25) is 9.36 Å². The van der Waals surface area contributed by atoms with Crippen LogP contribution in [0.2, 0.25) is 5.15 Å². The second-order valence-corrected chi connectivity index (χ2v) is 6.21. The van der Waals surface area contributed by atoms with Crippen LogP contribution in [0.3, 0.4) is 0 Å². The lowest BCUT2D eigenvalue weighted by molar-refractivity contribution is 0.0695. The van der Waals surface area contributed by atoms with Crippen molar-refractivity contribution in [2.45, 2.75) is 20.3 Å². The van der Waals surface area contributed by atoms with Gasteiger partial charge in [0.15, 0.2) is 10.8 Å². The van der Waals surface area contributed by atoms with Gasteiger partial charge < -0.3 is 5.11 Å². The molecule has 0 aromatic carbocycles. The first kappa shape index (κ1) is 15.6. The van der Waals surface area contributed by atoms with Crippen LogP contribution in [-0.2, 0) is 6.42 Å². The number of carboxylic acids is 1. The number of pyridine rings is 2. The van der Waals surface area contributed by atoms with Crippen LogP contribution in [0.4, 0.5) is 0 Å². The van der Waals surface area contributed by atoms with Crippen LogP contribution >= 0.6 is 22.9 Å². The molecule has 0 bridgehead atoms. The lowest BCUT2D eigenvalue weighted by Crippen LogP contribution is -2.20. The van der Waals surface area contributed by atoms with Gasteiger partial charge in [0.05, 0.1) is 11.1 Å². The van der Waals surface area contributed by atoms with Gasteiger partial charge in [-0.05, 0) is 25.0 Å². The molecule has 0 aliphatic rings. The van der Waals surface area contributed by atoms with E-state index in [1.165, 1.54) is 22.1 Å². The summed E-state index contributed by atoms with van der Waals surface area (Å²) in [6, 6.07) is 1.54. The summed E-state index contributed by atoms with van der Waals surface area (Å²) in [5.41, 5.74) is 0.874. The number of aromatic carboxylic acids is 1. The van der Waals surface area contributed by atoms with Crippen molar-refractivity contribution < 1.29 is 9.90 Å². The number of aromatic nitrogens is 3. The lowest BCUT2D eigenvalue weighted by Gasteiger charge is -2.10. The van der Waals surface area contributed by atoms with Gasteiger partial charge in [-0.15, -0.1) is 11.3 Å². The monoisotopic (exact) mass is 349 g/mol. The van der Waals surface area contributed by atoms with E-state index in [0.29, 0.717) is 16.3 Å². The first-order chi connectivity index (χ1) is 10.9. The van der Waals surface area contributed by atoms with Crippen LogP contribution in [0.5, 0.6) is 0 Å². The molecule has 0 atom stereocenters. The zero-order valence-electron chi connectivity index (χ0n) is 12.3. The van der Waals surface area contributed by atoms with E-state index < -0.39 is 11.4 Å². The van der Waals surface area contributed by atoms with Crippen molar-refractivity contribution in [2.24, 2.45) is 0 Å². The zero-order chi connectivity index (χ0) is 16.7. The number of fused-ring (bicyclic) bond motifs is 1. The van der Waals surface area contributed by atoms with E-state index in [4.69, 9.17) is 11.6 Å². The molecule has 3 aromatic rings. The molecule has 0 amide bonds. The summed E-state index contributed by atoms with van der Waals surface area (Å²) in [4.78, 5) is 32.5. The summed E-state index contributed by atoms with van der Waals surface area (Å²) >= 11 is 7.36. The molecule has 118 valence electrons. The molecule has 23 heavy (non-hydrogen) atoms. The Kier molecular flexibility index (Phi) is 3.91. The number of hydrogen-bond donors (Lipinski definition) is 1. The van der Waals surface area contributed by atoms with E-state index in [9.17, 15) is 14.7 Å². The molecule has 0 spiro atoms. The highest BCUT2D eigenvalue weighted by Gasteiger charge is 2.19. The minimum Gasteiger partial charge on any atom is -0.477 e. The van der Waals surface area contributed by atoms with Gasteiger partial charge in [0.2, 0.25) is 5.43 Å². The van der Waals surface area contributed by atoms with Crippen LogP contribution in [0, 0.1) is 6.92 Å². The smallest absolute Gasteiger partial charge is 0.341 e. The summed E-state index contributed by atoms with van der Waals surface area (Å²) in [5, 5.41) is 12.2. The van der Waals surface area contributed by atoms with Gasteiger partial charge in [0.1, 0.15) is 10.7 Å². The quantitative estimate of drug-likeness (QED) is 0.734. The topological polar surface area (TPSA) is 85.1 Å². The molecule has 0 unspecified atom stereocenters. The Morgan fingerprint density at radius 3 is 2.78 bits per heavy atom. The zero-order valence-corrected chi connectivity index (χ0v) is 13.9. The van der Waals surface area contributed by atoms with Crippen molar-refractivity contribution >= 4 is 39.9 Å². The molecule has 0 aliphatic heterocycles. The van der Waals surface area contributed by atoms with Crippen molar-refractivity contribution in [3.05, 3.63) is 49.8 Å². The van der Waals surface area contributed by atoms with Gasteiger partial charge in [0, 0.05) is 11.6 Å². The number of aryl methyl sites for hydroxylation is 2. The van der Waals surface area contributed by atoms with Crippen LogP contribution in [0.1, 0.15) is 28.5 Å². The van der Waals surface area contributed by atoms with E-state index in [0.717, 1.165) is 12.1 Å². The fourth-order valence-electron chi connectivity index (χ4n) is 2.32. The molecular formula is C15H12ClN3O3S. The Morgan fingerprint density at radius 1 is 1.43 bits per heavy atom. The van der Waals surface area contributed by atoms with E-state index >= 15 is 0 Å². The first-order valence-electron chi connectivity index (χ1n) is 6.83. The van der Waals surface area contributed by atoms with Crippen LogP contribution < -0.4 is 5.43 Å². The van der Waals surface area contributed by atoms with Gasteiger partial charge in [-0.2, -0.15) is 0 Å². The molecule has 3 rings (SSSR count). The third-order valence-electron chi connectivity index (χ3n) is 3.46. The van der Waals surface area contributed by atoms with Crippen LogP contribution in [0.25, 0.3) is 16.2 Å². The van der Waals surface area contributed by atoms with Gasteiger partial charge in [-0.25, -0.2) is 14.8 Å². The second-order valence-electron chi connectivity index (χ2n) is 4.98. The average Bonchev–Trinajstić information content (AvgIpc) is 2.95. The maximum absolute atomic E-state index is 12.5. The number of nitrogens with zero attached hydrogens (tertiary/aromatic N) is 3. The number of thiazole rings is 1. The molecule has 0 saturated carbocycles. The van der Waals surface area contributed by atoms with Crippen molar-refractivity contribution in [3.8, 4) is 5.13 Å². The number of carbonyl (C=O) groups is 1. The summed E-state index contributed by atoms with van der Waals surface area (Å²) in [7, 11) is 0. The van der Waals surface area contributed by atoms with Crippen molar-refractivity contribution in [2.75, 3.05) is 0 Å². The third kappa shape index (κ3) is 2.62. The minimum absolute atomic E-state index is 0.235. The Labute approximate surface area is 140 Å². The van der Waals surface area contributed by atoms with Gasteiger partial charge in [-0.1, -0.05) is 18.5 Å². The lowest BCUT2D eigenvalue weighted by atomic mass is 10.1. The van der Waals surface area contributed by atoms with Crippen molar-refractivity contribution in [1.82, 2.24) is 14.5 Å². The van der Waals surface area contributed by atoms with Crippen molar-refractivity contribution in [3.63, 3.8) is 0 Å². The Balaban J connectivity index is 2.46. The van der Waals surface area contributed by atoms with E-state index in [1.807, 2.05) is 12.3 Å². The van der Waals surface area contributed by atoms with E-state index in [1.54, 1.807) is 13.0 Å². The third-order valence-corrected chi connectivity index (χ3v) is 4.55. The maximum Gasteiger partial charge on any atom is 0.341 e. The maximum atomic E-state index is 12.5. The predicted octanol–water partition coefficient (Wildman–Crippen LogP) is 3.06.